The van der Waals surface area contributed by atoms with Crippen LogP contribution in [0.4, 0.5) is 11.4 Å². The smallest absolute Gasteiger partial charge is 0.335 e. The highest BCUT2D eigenvalue weighted by Gasteiger charge is 2.16. The fourth-order valence-corrected chi connectivity index (χ4v) is 2.80. The first-order valence-corrected chi connectivity index (χ1v) is 8.27. The molecule has 1 aliphatic rings. The van der Waals surface area contributed by atoms with E-state index in [1.54, 1.807) is 18.3 Å². The number of aliphatic hydroxyl groups is 1. The van der Waals surface area contributed by atoms with Crippen LogP contribution in [0.25, 0.3) is 0 Å². The Bertz CT molecular complexity index is 751. The van der Waals surface area contributed by atoms with Crippen molar-refractivity contribution in [1.82, 2.24) is 0 Å². The van der Waals surface area contributed by atoms with Crippen molar-refractivity contribution in [3.63, 3.8) is 0 Å². The average Bonchev–Trinajstić information content (AvgIpc) is 2.63. The Hall–Kier alpha value is -2.86. The molecule has 2 aromatic carbocycles. The van der Waals surface area contributed by atoms with Gasteiger partial charge in [-0.25, -0.2) is 4.79 Å². The zero-order valence-electron chi connectivity index (χ0n) is 13.8. The lowest BCUT2D eigenvalue weighted by Gasteiger charge is -2.31. The zero-order chi connectivity index (χ0) is 17.6. The molecule has 0 unspecified atom stereocenters. The minimum atomic E-state index is -0.964. The summed E-state index contributed by atoms with van der Waals surface area (Å²) in [6, 6.07) is 14.6. The normalized spacial score (nSPS) is 15.5. The molecule has 6 nitrogen and oxygen atoms in total. The SMILES string of the molecule is O=C(O)c1cccc(NN=Cc2ccc(N3CCC(O)CC3)cc2)c1. The van der Waals surface area contributed by atoms with Crippen LogP contribution >= 0.6 is 0 Å². The van der Waals surface area contributed by atoms with Crippen LogP contribution in [-0.2, 0) is 0 Å². The van der Waals surface area contributed by atoms with Crippen molar-refractivity contribution >= 4 is 23.6 Å². The maximum absolute atomic E-state index is 10.9. The van der Waals surface area contributed by atoms with Crippen LogP contribution in [0.2, 0.25) is 0 Å². The highest BCUT2D eigenvalue weighted by molar-refractivity contribution is 5.89. The molecule has 6 heteroatoms. The number of aliphatic hydroxyl groups excluding tert-OH is 1. The largest absolute Gasteiger partial charge is 0.478 e. The highest BCUT2D eigenvalue weighted by atomic mass is 16.4. The van der Waals surface area contributed by atoms with Crippen molar-refractivity contribution in [2.75, 3.05) is 23.4 Å². The minimum absolute atomic E-state index is 0.173. The number of carbonyl (C=O) groups is 1. The first kappa shape index (κ1) is 17.0. The number of nitrogens with one attached hydrogen (secondary N) is 1. The molecular weight excluding hydrogens is 318 g/mol. The second kappa shape index (κ2) is 7.81. The summed E-state index contributed by atoms with van der Waals surface area (Å²) in [4.78, 5) is 13.2. The summed E-state index contributed by atoms with van der Waals surface area (Å²) in [5, 5.41) is 22.7. The Balaban J connectivity index is 1.58. The van der Waals surface area contributed by atoms with E-state index in [-0.39, 0.29) is 11.7 Å². The Morgan fingerprint density at radius 3 is 2.56 bits per heavy atom. The van der Waals surface area contributed by atoms with E-state index >= 15 is 0 Å². The lowest BCUT2D eigenvalue weighted by Crippen LogP contribution is -2.35. The van der Waals surface area contributed by atoms with Crippen molar-refractivity contribution in [2.24, 2.45) is 5.10 Å². The number of anilines is 2. The van der Waals surface area contributed by atoms with Gasteiger partial charge in [0.25, 0.3) is 0 Å². The third kappa shape index (κ3) is 4.58. The minimum Gasteiger partial charge on any atom is -0.478 e. The van der Waals surface area contributed by atoms with Crippen molar-refractivity contribution in [2.45, 2.75) is 18.9 Å². The summed E-state index contributed by atoms with van der Waals surface area (Å²) in [5.41, 5.74) is 5.77. The average molecular weight is 339 g/mol. The summed E-state index contributed by atoms with van der Waals surface area (Å²) < 4.78 is 0. The van der Waals surface area contributed by atoms with E-state index in [0.717, 1.165) is 37.2 Å². The quantitative estimate of drug-likeness (QED) is 0.576. The number of hydrazone groups is 1. The van der Waals surface area contributed by atoms with E-state index < -0.39 is 5.97 Å². The van der Waals surface area contributed by atoms with Crippen LogP contribution in [0.3, 0.4) is 0 Å². The summed E-state index contributed by atoms with van der Waals surface area (Å²) in [7, 11) is 0. The number of nitrogens with zero attached hydrogens (tertiary/aromatic N) is 2. The second-order valence-electron chi connectivity index (χ2n) is 6.07. The van der Waals surface area contributed by atoms with Crippen molar-refractivity contribution < 1.29 is 15.0 Å². The van der Waals surface area contributed by atoms with Crippen LogP contribution < -0.4 is 10.3 Å². The highest BCUT2D eigenvalue weighted by Crippen LogP contribution is 2.20. The fourth-order valence-electron chi connectivity index (χ4n) is 2.80. The number of carboxylic acid groups (broad SMARTS) is 1. The molecule has 0 aromatic heterocycles. The van der Waals surface area contributed by atoms with Gasteiger partial charge >= 0.3 is 5.97 Å². The van der Waals surface area contributed by atoms with E-state index in [1.807, 2.05) is 24.3 Å². The molecule has 3 N–H and O–H groups in total. The lowest BCUT2D eigenvalue weighted by molar-refractivity contribution is 0.0697. The number of aromatic carboxylic acids is 1. The van der Waals surface area contributed by atoms with E-state index in [0.29, 0.717) is 5.69 Å². The molecule has 0 spiro atoms. The van der Waals surface area contributed by atoms with Gasteiger partial charge in [0.15, 0.2) is 0 Å². The van der Waals surface area contributed by atoms with Gasteiger partial charge in [-0.1, -0.05) is 18.2 Å². The van der Waals surface area contributed by atoms with Crippen LogP contribution in [0.5, 0.6) is 0 Å². The van der Waals surface area contributed by atoms with E-state index in [9.17, 15) is 9.90 Å². The number of carboxylic acids is 1. The summed E-state index contributed by atoms with van der Waals surface area (Å²) in [5.74, 6) is -0.964. The van der Waals surface area contributed by atoms with E-state index in [1.165, 1.54) is 12.1 Å². The van der Waals surface area contributed by atoms with Gasteiger partial charge in [-0.05, 0) is 48.7 Å². The predicted octanol–water partition coefficient (Wildman–Crippen LogP) is 2.79. The molecular formula is C19H21N3O3. The van der Waals surface area contributed by atoms with Gasteiger partial charge in [-0.3, -0.25) is 5.43 Å². The van der Waals surface area contributed by atoms with Gasteiger partial charge in [0.2, 0.25) is 0 Å². The standard InChI is InChI=1S/C19H21N3O3/c23-18-8-10-22(11-9-18)17-6-4-14(5-7-17)13-20-21-16-3-1-2-15(12-16)19(24)25/h1-7,12-13,18,21,23H,8-11H2,(H,24,25). The third-order valence-electron chi connectivity index (χ3n) is 4.24. The fraction of sp³-hybridized carbons (Fsp3) is 0.263. The molecule has 0 saturated carbocycles. The van der Waals surface area contributed by atoms with Gasteiger partial charge < -0.3 is 15.1 Å². The molecule has 0 aliphatic carbocycles. The number of piperidine rings is 1. The molecule has 130 valence electrons. The van der Waals surface area contributed by atoms with Gasteiger partial charge in [-0.2, -0.15) is 5.10 Å². The van der Waals surface area contributed by atoms with Crippen molar-refractivity contribution in [1.29, 1.82) is 0 Å². The van der Waals surface area contributed by atoms with Crippen LogP contribution in [0.15, 0.2) is 53.6 Å². The summed E-state index contributed by atoms with van der Waals surface area (Å²) >= 11 is 0. The van der Waals surface area contributed by atoms with Crippen LogP contribution in [0.1, 0.15) is 28.8 Å². The number of benzene rings is 2. The molecule has 1 aliphatic heterocycles. The van der Waals surface area contributed by atoms with Gasteiger partial charge in [0.05, 0.1) is 23.6 Å². The van der Waals surface area contributed by atoms with Crippen molar-refractivity contribution in [3.05, 3.63) is 59.7 Å². The Kier molecular flexibility index (Phi) is 5.30. The molecule has 1 heterocycles. The Morgan fingerprint density at radius 2 is 1.88 bits per heavy atom. The predicted molar refractivity (Wildman–Crippen MR) is 98.5 cm³/mol. The van der Waals surface area contributed by atoms with E-state index in [2.05, 4.69) is 15.4 Å². The molecule has 0 bridgehead atoms. The molecule has 3 rings (SSSR count). The molecule has 0 amide bonds. The Labute approximate surface area is 146 Å². The number of hydrogen-bond acceptors (Lipinski definition) is 5. The van der Waals surface area contributed by atoms with E-state index in [4.69, 9.17) is 5.11 Å². The topological polar surface area (TPSA) is 85.2 Å². The zero-order valence-corrected chi connectivity index (χ0v) is 13.8. The first-order chi connectivity index (χ1) is 12.1. The third-order valence-corrected chi connectivity index (χ3v) is 4.24. The number of rotatable bonds is 5. The monoisotopic (exact) mass is 339 g/mol. The van der Waals surface area contributed by atoms with Crippen LogP contribution in [0, 0.1) is 0 Å². The second-order valence-corrected chi connectivity index (χ2v) is 6.07. The number of hydrogen-bond donors (Lipinski definition) is 3. The maximum Gasteiger partial charge on any atom is 0.335 e. The first-order valence-electron chi connectivity index (χ1n) is 8.27. The summed E-state index contributed by atoms with van der Waals surface area (Å²) in [6.07, 6.45) is 3.13. The van der Waals surface area contributed by atoms with Gasteiger partial charge in [0, 0.05) is 18.8 Å². The molecule has 0 radical (unpaired) electrons. The Morgan fingerprint density at radius 1 is 1.16 bits per heavy atom. The molecule has 2 aromatic rings. The molecule has 1 fully saturated rings. The molecule has 1 saturated heterocycles. The molecule has 25 heavy (non-hydrogen) atoms. The van der Waals surface area contributed by atoms with Crippen molar-refractivity contribution in [3.8, 4) is 0 Å². The van der Waals surface area contributed by atoms with Crippen LogP contribution in [-0.4, -0.2) is 41.6 Å². The lowest BCUT2D eigenvalue weighted by atomic mass is 10.1. The summed E-state index contributed by atoms with van der Waals surface area (Å²) in [6.45, 7) is 1.74. The maximum atomic E-state index is 10.9. The van der Waals surface area contributed by atoms with Gasteiger partial charge in [-0.15, -0.1) is 0 Å². The molecule has 0 atom stereocenters. The van der Waals surface area contributed by atoms with Gasteiger partial charge in [0.1, 0.15) is 0 Å².